The van der Waals surface area contributed by atoms with Crippen molar-refractivity contribution in [3.05, 3.63) is 47.3 Å². The van der Waals surface area contributed by atoms with Crippen molar-refractivity contribution in [2.75, 3.05) is 50.1 Å². The van der Waals surface area contributed by atoms with Gasteiger partial charge in [-0.3, -0.25) is 0 Å². The van der Waals surface area contributed by atoms with Gasteiger partial charge >= 0.3 is 0 Å². The van der Waals surface area contributed by atoms with Crippen LogP contribution in [0.15, 0.2) is 30.5 Å². The monoisotopic (exact) mass is 336 g/mol. The molecule has 130 valence electrons. The molecule has 0 unspecified atom stereocenters. The lowest BCUT2D eigenvalue weighted by molar-refractivity contribution is 0.402. The largest absolute Gasteiger partial charge is 0.353 e. The lowest BCUT2D eigenvalue weighted by Gasteiger charge is -2.36. The first kappa shape index (κ1) is 17.2. The molecule has 1 saturated heterocycles. The van der Waals surface area contributed by atoms with Gasteiger partial charge in [0, 0.05) is 38.9 Å². The van der Waals surface area contributed by atoms with Gasteiger partial charge in [-0.25, -0.2) is 9.97 Å². The van der Waals surface area contributed by atoms with Crippen molar-refractivity contribution in [2.24, 2.45) is 0 Å². The molecule has 6 heteroatoms. The first-order chi connectivity index (χ1) is 12.1. The molecule has 3 rings (SSSR count). The van der Waals surface area contributed by atoms with E-state index in [9.17, 15) is 0 Å². The van der Waals surface area contributed by atoms with Gasteiger partial charge in [-0.15, -0.1) is 0 Å². The van der Waals surface area contributed by atoms with E-state index in [-0.39, 0.29) is 0 Å². The van der Waals surface area contributed by atoms with E-state index in [2.05, 4.69) is 57.0 Å². The Morgan fingerprint density at radius 2 is 1.68 bits per heavy atom. The second kappa shape index (κ2) is 7.49. The van der Waals surface area contributed by atoms with Gasteiger partial charge in [0.1, 0.15) is 23.4 Å². The second-order valence-electron chi connectivity index (χ2n) is 6.68. The van der Waals surface area contributed by atoms with Gasteiger partial charge in [0.15, 0.2) is 0 Å². The summed E-state index contributed by atoms with van der Waals surface area (Å²) in [5, 5.41) is 9.16. The lowest BCUT2D eigenvalue weighted by atomic mass is 10.2. The van der Waals surface area contributed by atoms with Crippen LogP contribution in [-0.4, -0.2) is 55.1 Å². The summed E-state index contributed by atoms with van der Waals surface area (Å²) in [6.45, 7) is 6.37. The molecule has 0 aliphatic carbocycles. The molecule has 0 aromatic carbocycles. The van der Waals surface area contributed by atoms with Crippen molar-refractivity contribution in [3.63, 3.8) is 0 Å². The van der Waals surface area contributed by atoms with Crippen LogP contribution in [0.3, 0.4) is 0 Å². The van der Waals surface area contributed by atoms with E-state index in [0.717, 1.165) is 49.9 Å². The molecule has 0 N–H and O–H groups in total. The zero-order chi connectivity index (χ0) is 17.8. The van der Waals surface area contributed by atoms with E-state index in [1.54, 1.807) is 0 Å². The third-order valence-electron chi connectivity index (χ3n) is 4.42. The van der Waals surface area contributed by atoms with Gasteiger partial charge in [-0.2, -0.15) is 5.26 Å². The molecule has 0 saturated carbocycles. The fraction of sp³-hybridized carbons (Fsp3) is 0.421. The van der Waals surface area contributed by atoms with Crippen molar-refractivity contribution in [1.82, 2.24) is 14.9 Å². The number of nitrogens with zero attached hydrogens (tertiary/aromatic N) is 6. The summed E-state index contributed by atoms with van der Waals surface area (Å²) in [6, 6.07) is 10.4. The van der Waals surface area contributed by atoms with Crippen LogP contribution in [0.25, 0.3) is 0 Å². The summed E-state index contributed by atoms with van der Waals surface area (Å²) in [5.74, 6) is 1.91. The number of anilines is 2. The van der Waals surface area contributed by atoms with Crippen molar-refractivity contribution in [2.45, 2.75) is 13.5 Å². The fourth-order valence-corrected chi connectivity index (χ4v) is 3.03. The minimum absolute atomic E-state index is 0.512. The predicted molar refractivity (Wildman–Crippen MR) is 99.7 cm³/mol. The van der Waals surface area contributed by atoms with Gasteiger partial charge in [0.25, 0.3) is 0 Å². The minimum Gasteiger partial charge on any atom is -0.353 e. The molecular weight excluding hydrogens is 312 g/mol. The number of aromatic nitrogens is 2. The summed E-state index contributed by atoms with van der Waals surface area (Å²) in [6.07, 6.45) is 1.96. The molecule has 1 aliphatic heterocycles. The van der Waals surface area contributed by atoms with E-state index in [0.29, 0.717) is 5.69 Å². The molecular formula is C19H24N6. The Kier molecular flexibility index (Phi) is 5.15. The van der Waals surface area contributed by atoms with Crippen molar-refractivity contribution in [3.8, 4) is 6.07 Å². The van der Waals surface area contributed by atoms with Crippen LogP contribution < -0.4 is 9.80 Å². The second-order valence-corrected chi connectivity index (χ2v) is 6.68. The number of hydrogen-bond donors (Lipinski definition) is 0. The third-order valence-corrected chi connectivity index (χ3v) is 4.42. The molecule has 0 bridgehead atoms. The molecule has 0 amide bonds. The zero-order valence-corrected chi connectivity index (χ0v) is 15.1. The topological polar surface area (TPSA) is 59.3 Å². The summed E-state index contributed by atoms with van der Waals surface area (Å²) in [7, 11) is 4.12. The van der Waals surface area contributed by atoms with E-state index in [1.807, 2.05) is 25.3 Å². The summed E-state index contributed by atoms with van der Waals surface area (Å²) in [5.41, 5.74) is 2.66. The van der Waals surface area contributed by atoms with E-state index in [4.69, 9.17) is 5.26 Å². The highest BCUT2D eigenvalue weighted by Crippen LogP contribution is 2.19. The quantitative estimate of drug-likeness (QED) is 0.852. The molecule has 0 atom stereocenters. The van der Waals surface area contributed by atoms with Gasteiger partial charge in [0.2, 0.25) is 0 Å². The Morgan fingerprint density at radius 3 is 2.24 bits per heavy atom. The Bertz CT molecular complexity index is 754. The molecule has 1 fully saturated rings. The Balaban J connectivity index is 1.63. The third kappa shape index (κ3) is 4.06. The van der Waals surface area contributed by atoms with Crippen LogP contribution in [0.1, 0.15) is 16.8 Å². The SMILES string of the molecule is Cc1ccc(N2CCN(c3ccc(CN(C)C)cn3)CC2)nc1C#N. The maximum Gasteiger partial charge on any atom is 0.145 e. The number of piperazine rings is 1. The maximum atomic E-state index is 9.16. The predicted octanol–water partition coefficient (Wildman–Crippen LogP) is 2.04. The Morgan fingerprint density at radius 1 is 1.04 bits per heavy atom. The first-order valence-corrected chi connectivity index (χ1v) is 8.54. The summed E-state index contributed by atoms with van der Waals surface area (Å²) in [4.78, 5) is 15.8. The molecule has 0 radical (unpaired) electrons. The number of aryl methyl sites for hydroxylation is 1. The van der Waals surface area contributed by atoms with Gasteiger partial charge < -0.3 is 14.7 Å². The Labute approximate surface area is 149 Å². The molecule has 25 heavy (non-hydrogen) atoms. The lowest BCUT2D eigenvalue weighted by Crippen LogP contribution is -2.47. The normalized spacial score (nSPS) is 14.7. The highest BCUT2D eigenvalue weighted by Gasteiger charge is 2.19. The number of pyridine rings is 2. The molecule has 0 spiro atoms. The van der Waals surface area contributed by atoms with Crippen molar-refractivity contribution < 1.29 is 0 Å². The summed E-state index contributed by atoms with van der Waals surface area (Å²) >= 11 is 0. The standard InChI is InChI=1S/C19H24N6/c1-15-4-6-19(22-17(15)12-20)25-10-8-24(9-11-25)18-7-5-16(13-21-18)14-23(2)3/h4-7,13H,8-11,14H2,1-3H3. The van der Waals surface area contributed by atoms with Gasteiger partial charge in [-0.05, 0) is 44.3 Å². The maximum absolute atomic E-state index is 9.16. The first-order valence-electron chi connectivity index (χ1n) is 8.54. The van der Waals surface area contributed by atoms with E-state index >= 15 is 0 Å². The van der Waals surface area contributed by atoms with Crippen LogP contribution in [0.5, 0.6) is 0 Å². The van der Waals surface area contributed by atoms with Crippen LogP contribution >= 0.6 is 0 Å². The van der Waals surface area contributed by atoms with Gasteiger partial charge in [0.05, 0.1) is 0 Å². The van der Waals surface area contributed by atoms with E-state index in [1.165, 1.54) is 5.56 Å². The molecule has 3 heterocycles. The minimum atomic E-state index is 0.512. The zero-order valence-electron chi connectivity index (χ0n) is 15.1. The van der Waals surface area contributed by atoms with Crippen molar-refractivity contribution in [1.29, 1.82) is 5.26 Å². The molecule has 2 aromatic rings. The smallest absolute Gasteiger partial charge is 0.145 e. The average molecular weight is 336 g/mol. The number of nitriles is 1. The Hall–Kier alpha value is -2.65. The number of rotatable bonds is 4. The highest BCUT2D eigenvalue weighted by molar-refractivity contribution is 5.48. The van der Waals surface area contributed by atoms with E-state index < -0.39 is 0 Å². The van der Waals surface area contributed by atoms with Crippen LogP contribution in [0.2, 0.25) is 0 Å². The average Bonchev–Trinajstić information content (AvgIpc) is 2.62. The molecule has 2 aromatic heterocycles. The highest BCUT2D eigenvalue weighted by atomic mass is 15.3. The molecule has 1 aliphatic rings. The number of hydrogen-bond acceptors (Lipinski definition) is 6. The van der Waals surface area contributed by atoms with Crippen LogP contribution in [0, 0.1) is 18.3 Å². The fourth-order valence-electron chi connectivity index (χ4n) is 3.03. The summed E-state index contributed by atoms with van der Waals surface area (Å²) < 4.78 is 0. The van der Waals surface area contributed by atoms with Crippen LogP contribution in [-0.2, 0) is 6.54 Å². The van der Waals surface area contributed by atoms with Crippen LogP contribution in [0.4, 0.5) is 11.6 Å². The van der Waals surface area contributed by atoms with Gasteiger partial charge in [-0.1, -0.05) is 12.1 Å². The van der Waals surface area contributed by atoms with Crippen molar-refractivity contribution >= 4 is 11.6 Å². The molecule has 6 nitrogen and oxygen atoms in total.